The number of rotatable bonds is 2. The molecule has 0 aromatic heterocycles. The molecule has 3 unspecified atom stereocenters. The van der Waals surface area contributed by atoms with Crippen LogP contribution in [0.4, 0.5) is 0 Å². The Morgan fingerprint density at radius 1 is 1.24 bits per heavy atom. The van der Waals surface area contributed by atoms with E-state index >= 15 is 0 Å². The zero-order valence-electron chi connectivity index (χ0n) is 12.6. The molecule has 3 atom stereocenters. The molecule has 114 valence electrons. The van der Waals surface area contributed by atoms with Crippen molar-refractivity contribution in [2.45, 2.75) is 43.7 Å². The summed E-state index contributed by atoms with van der Waals surface area (Å²) < 4.78 is 11.7. The van der Waals surface area contributed by atoms with E-state index < -0.39 is 0 Å². The first-order chi connectivity index (χ1) is 10.3. The molecule has 1 aromatic rings. The minimum atomic E-state index is 0.0462. The lowest BCUT2D eigenvalue weighted by Gasteiger charge is -2.39. The first-order valence-corrected chi connectivity index (χ1v) is 8.35. The van der Waals surface area contributed by atoms with Crippen molar-refractivity contribution in [1.29, 1.82) is 0 Å². The second kappa shape index (κ2) is 5.71. The normalized spacial score (nSPS) is 35.8. The van der Waals surface area contributed by atoms with E-state index in [4.69, 9.17) is 9.47 Å². The molecule has 2 fully saturated rings. The summed E-state index contributed by atoms with van der Waals surface area (Å²) in [6.07, 6.45) is 4.77. The summed E-state index contributed by atoms with van der Waals surface area (Å²) >= 11 is 0. The molecule has 1 aromatic carbocycles. The van der Waals surface area contributed by atoms with Crippen molar-refractivity contribution >= 4 is 0 Å². The van der Waals surface area contributed by atoms with Crippen LogP contribution in [0.5, 0.6) is 0 Å². The number of fused-ring (bicyclic) bond motifs is 1. The predicted octanol–water partition coefficient (Wildman–Crippen LogP) is 2.85. The monoisotopic (exact) mass is 287 g/mol. The van der Waals surface area contributed by atoms with Crippen LogP contribution in [0.15, 0.2) is 24.3 Å². The maximum absolute atomic E-state index is 6.07. The van der Waals surface area contributed by atoms with Crippen molar-refractivity contribution in [3.8, 4) is 0 Å². The second-order valence-corrected chi connectivity index (χ2v) is 6.96. The van der Waals surface area contributed by atoms with Gasteiger partial charge in [-0.1, -0.05) is 24.3 Å². The van der Waals surface area contributed by atoms with Crippen molar-refractivity contribution in [3.05, 3.63) is 35.4 Å². The first-order valence-electron chi connectivity index (χ1n) is 8.35. The van der Waals surface area contributed by atoms with Gasteiger partial charge in [0.15, 0.2) is 0 Å². The smallest absolute Gasteiger partial charge is 0.0939 e. The van der Waals surface area contributed by atoms with Crippen molar-refractivity contribution < 1.29 is 9.47 Å². The number of nitrogens with one attached hydrogen (secondary N) is 1. The van der Waals surface area contributed by atoms with Crippen LogP contribution in [0.2, 0.25) is 0 Å². The zero-order valence-corrected chi connectivity index (χ0v) is 12.6. The molecule has 3 aliphatic heterocycles. The third-order valence-corrected chi connectivity index (χ3v) is 5.48. The fourth-order valence-corrected chi connectivity index (χ4v) is 4.39. The Hall–Kier alpha value is -0.900. The Kier molecular flexibility index (Phi) is 3.74. The molecule has 3 nitrogen and oxygen atoms in total. The summed E-state index contributed by atoms with van der Waals surface area (Å²) in [7, 11) is 0. The molecule has 1 spiro atoms. The maximum Gasteiger partial charge on any atom is 0.0939 e. The Morgan fingerprint density at radius 2 is 2.19 bits per heavy atom. The highest BCUT2D eigenvalue weighted by Crippen LogP contribution is 2.40. The standard InChI is InChI=1S/C18H25NO2/c1-2-4-17-15(3-1)11-19-12-16(17)9-14-5-7-21-18(10-14)6-8-20-13-18/h1-4,14,16,19H,5-13H2. The first kappa shape index (κ1) is 13.7. The Balaban J connectivity index is 1.46. The van der Waals surface area contributed by atoms with E-state index in [1.807, 2.05) is 0 Å². The maximum atomic E-state index is 6.07. The number of hydrogen-bond donors (Lipinski definition) is 1. The third-order valence-electron chi connectivity index (χ3n) is 5.48. The van der Waals surface area contributed by atoms with Gasteiger partial charge in [0, 0.05) is 32.7 Å². The fourth-order valence-electron chi connectivity index (χ4n) is 4.39. The van der Waals surface area contributed by atoms with Crippen LogP contribution in [-0.4, -0.2) is 32.0 Å². The van der Waals surface area contributed by atoms with E-state index in [0.717, 1.165) is 45.2 Å². The lowest BCUT2D eigenvalue weighted by atomic mass is 9.77. The van der Waals surface area contributed by atoms with Crippen LogP contribution < -0.4 is 5.32 Å². The second-order valence-electron chi connectivity index (χ2n) is 6.96. The highest BCUT2D eigenvalue weighted by Gasteiger charge is 2.41. The Labute approximate surface area is 127 Å². The topological polar surface area (TPSA) is 30.5 Å². The van der Waals surface area contributed by atoms with Gasteiger partial charge < -0.3 is 14.8 Å². The van der Waals surface area contributed by atoms with Crippen molar-refractivity contribution in [2.24, 2.45) is 5.92 Å². The Bertz CT molecular complexity index is 496. The number of benzene rings is 1. The average Bonchev–Trinajstić information content (AvgIpc) is 2.95. The summed E-state index contributed by atoms with van der Waals surface area (Å²) in [5.74, 6) is 1.44. The summed E-state index contributed by atoms with van der Waals surface area (Å²) in [6.45, 7) is 4.75. The summed E-state index contributed by atoms with van der Waals surface area (Å²) in [5, 5.41) is 3.59. The van der Waals surface area contributed by atoms with E-state index in [2.05, 4.69) is 29.6 Å². The van der Waals surface area contributed by atoms with Gasteiger partial charge in [0.1, 0.15) is 0 Å². The SMILES string of the molecule is c1ccc2c(c1)CNCC2CC1CCOC2(CCOC2)C1. The molecule has 4 rings (SSSR count). The quantitative estimate of drug-likeness (QED) is 0.907. The van der Waals surface area contributed by atoms with E-state index in [0.29, 0.717) is 5.92 Å². The molecule has 0 bridgehead atoms. The van der Waals surface area contributed by atoms with Gasteiger partial charge in [-0.2, -0.15) is 0 Å². The molecule has 0 aliphatic carbocycles. The summed E-state index contributed by atoms with van der Waals surface area (Å²) in [5.41, 5.74) is 3.10. The average molecular weight is 287 g/mol. The van der Waals surface area contributed by atoms with Crippen LogP contribution >= 0.6 is 0 Å². The lowest BCUT2D eigenvalue weighted by molar-refractivity contribution is -0.0996. The third kappa shape index (κ3) is 2.75. The largest absolute Gasteiger partial charge is 0.378 e. The van der Waals surface area contributed by atoms with Crippen LogP contribution in [0, 0.1) is 5.92 Å². The molecule has 2 saturated heterocycles. The lowest BCUT2D eigenvalue weighted by Crippen LogP contribution is -2.41. The minimum Gasteiger partial charge on any atom is -0.378 e. The van der Waals surface area contributed by atoms with Gasteiger partial charge in [-0.05, 0) is 42.2 Å². The van der Waals surface area contributed by atoms with E-state index in [1.54, 1.807) is 5.56 Å². The molecular formula is C18H25NO2. The van der Waals surface area contributed by atoms with Gasteiger partial charge in [0.05, 0.1) is 12.2 Å². The van der Waals surface area contributed by atoms with Gasteiger partial charge in [-0.3, -0.25) is 0 Å². The zero-order chi connectivity index (χ0) is 14.1. The molecule has 1 N–H and O–H groups in total. The summed E-state index contributed by atoms with van der Waals surface area (Å²) in [6, 6.07) is 8.94. The molecule has 0 radical (unpaired) electrons. The van der Waals surface area contributed by atoms with Crippen LogP contribution in [0.25, 0.3) is 0 Å². The highest BCUT2D eigenvalue weighted by molar-refractivity contribution is 5.32. The van der Waals surface area contributed by atoms with Gasteiger partial charge in [0.25, 0.3) is 0 Å². The number of hydrogen-bond acceptors (Lipinski definition) is 3. The molecule has 0 amide bonds. The molecule has 3 heterocycles. The fraction of sp³-hybridized carbons (Fsp3) is 0.667. The van der Waals surface area contributed by atoms with Crippen molar-refractivity contribution in [2.75, 3.05) is 26.4 Å². The number of ether oxygens (including phenoxy) is 2. The minimum absolute atomic E-state index is 0.0462. The molecule has 3 heteroatoms. The summed E-state index contributed by atoms with van der Waals surface area (Å²) in [4.78, 5) is 0. The van der Waals surface area contributed by atoms with E-state index in [1.165, 1.54) is 24.8 Å². The van der Waals surface area contributed by atoms with Gasteiger partial charge in [-0.15, -0.1) is 0 Å². The molecule has 0 saturated carbocycles. The highest BCUT2D eigenvalue weighted by atomic mass is 16.6. The van der Waals surface area contributed by atoms with E-state index in [-0.39, 0.29) is 5.60 Å². The van der Waals surface area contributed by atoms with Crippen molar-refractivity contribution in [1.82, 2.24) is 5.32 Å². The van der Waals surface area contributed by atoms with Gasteiger partial charge in [-0.25, -0.2) is 0 Å². The molecule has 3 aliphatic rings. The van der Waals surface area contributed by atoms with Crippen molar-refractivity contribution in [3.63, 3.8) is 0 Å². The predicted molar refractivity (Wildman–Crippen MR) is 82.3 cm³/mol. The van der Waals surface area contributed by atoms with Crippen LogP contribution in [0.1, 0.15) is 42.7 Å². The van der Waals surface area contributed by atoms with Gasteiger partial charge >= 0.3 is 0 Å². The van der Waals surface area contributed by atoms with Gasteiger partial charge in [0.2, 0.25) is 0 Å². The van der Waals surface area contributed by atoms with E-state index in [9.17, 15) is 0 Å². The molecule has 21 heavy (non-hydrogen) atoms. The van der Waals surface area contributed by atoms with Crippen LogP contribution in [-0.2, 0) is 16.0 Å². The molecular weight excluding hydrogens is 262 g/mol. The van der Waals surface area contributed by atoms with Crippen LogP contribution in [0.3, 0.4) is 0 Å². The Morgan fingerprint density at radius 3 is 3.10 bits per heavy atom.